The van der Waals surface area contributed by atoms with E-state index in [9.17, 15) is 8.78 Å². The summed E-state index contributed by atoms with van der Waals surface area (Å²) in [5.41, 5.74) is 6.81. The minimum atomic E-state index is -3.28. The van der Waals surface area contributed by atoms with E-state index in [4.69, 9.17) is 10.8 Å². The molecule has 2 nitrogen and oxygen atoms in total. The molecule has 1 aromatic rings. The van der Waals surface area contributed by atoms with Crippen molar-refractivity contribution in [1.29, 1.82) is 0 Å². The predicted octanol–water partition coefficient (Wildman–Crippen LogP) is 2.86. The smallest absolute Gasteiger partial charge is 0.289 e. The standard InChI is InChI=1S/C12H17F2NO.ClH/c1-8(2)9-3-5-10(6-4-9)11(15)12(13,14)7-16;/h3-6,8,11,16H,7,15H2,1-2H3;1H/t11-;/m0./s1. The second kappa shape index (κ2) is 6.28. The molecule has 98 valence electrons. The molecule has 0 aliphatic heterocycles. The van der Waals surface area contributed by atoms with E-state index in [1.807, 2.05) is 13.8 Å². The molecule has 17 heavy (non-hydrogen) atoms. The van der Waals surface area contributed by atoms with Gasteiger partial charge in [0.25, 0.3) is 5.92 Å². The van der Waals surface area contributed by atoms with Crippen LogP contribution in [0.4, 0.5) is 8.78 Å². The highest BCUT2D eigenvalue weighted by atomic mass is 35.5. The number of hydrogen-bond donors (Lipinski definition) is 2. The monoisotopic (exact) mass is 265 g/mol. The van der Waals surface area contributed by atoms with Crippen LogP contribution >= 0.6 is 12.4 Å². The third-order valence-electron chi connectivity index (χ3n) is 2.63. The first-order valence-electron chi connectivity index (χ1n) is 5.22. The van der Waals surface area contributed by atoms with Gasteiger partial charge >= 0.3 is 0 Å². The van der Waals surface area contributed by atoms with Crippen molar-refractivity contribution in [2.75, 3.05) is 6.61 Å². The molecule has 0 radical (unpaired) electrons. The van der Waals surface area contributed by atoms with Crippen molar-refractivity contribution in [1.82, 2.24) is 0 Å². The summed E-state index contributed by atoms with van der Waals surface area (Å²) in [6.45, 7) is 2.81. The van der Waals surface area contributed by atoms with Gasteiger partial charge in [-0.05, 0) is 17.0 Å². The first kappa shape index (κ1) is 16.3. The molecule has 0 saturated carbocycles. The fourth-order valence-corrected chi connectivity index (χ4v) is 1.43. The first-order valence-corrected chi connectivity index (χ1v) is 5.22. The Labute approximate surface area is 106 Å². The maximum atomic E-state index is 13.1. The van der Waals surface area contributed by atoms with E-state index in [1.165, 1.54) is 0 Å². The zero-order valence-electron chi connectivity index (χ0n) is 9.86. The maximum absolute atomic E-state index is 13.1. The molecule has 0 aliphatic rings. The minimum Gasteiger partial charge on any atom is -0.390 e. The molecule has 0 unspecified atom stereocenters. The average Bonchev–Trinajstić information content (AvgIpc) is 2.28. The summed E-state index contributed by atoms with van der Waals surface area (Å²) in [6, 6.07) is 5.28. The number of aliphatic hydroxyl groups is 1. The van der Waals surface area contributed by atoms with Gasteiger partial charge in [0.15, 0.2) is 0 Å². The van der Waals surface area contributed by atoms with Crippen LogP contribution < -0.4 is 5.73 Å². The Balaban J connectivity index is 0.00000256. The zero-order valence-corrected chi connectivity index (χ0v) is 10.7. The molecule has 3 N–H and O–H groups in total. The molecule has 1 aromatic carbocycles. The summed E-state index contributed by atoms with van der Waals surface area (Å²) in [7, 11) is 0. The van der Waals surface area contributed by atoms with E-state index in [0.29, 0.717) is 11.5 Å². The maximum Gasteiger partial charge on any atom is 0.289 e. The van der Waals surface area contributed by atoms with Gasteiger partial charge in [-0.3, -0.25) is 0 Å². The fourth-order valence-electron chi connectivity index (χ4n) is 1.43. The van der Waals surface area contributed by atoms with Gasteiger partial charge in [-0.25, -0.2) is 8.78 Å². The van der Waals surface area contributed by atoms with E-state index < -0.39 is 18.6 Å². The molecule has 0 heterocycles. The van der Waals surface area contributed by atoms with Crippen molar-refractivity contribution in [2.45, 2.75) is 31.7 Å². The van der Waals surface area contributed by atoms with E-state index in [-0.39, 0.29) is 12.4 Å². The van der Waals surface area contributed by atoms with Gasteiger partial charge in [-0.2, -0.15) is 0 Å². The van der Waals surface area contributed by atoms with E-state index in [0.717, 1.165) is 5.56 Å². The predicted molar refractivity (Wildman–Crippen MR) is 66.7 cm³/mol. The number of halogens is 3. The van der Waals surface area contributed by atoms with Crippen molar-refractivity contribution in [3.63, 3.8) is 0 Å². The second-order valence-corrected chi connectivity index (χ2v) is 4.22. The minimum absolute atomic E-state index is 0. The van der Waals surface area contributed by atoms with E-state index in [1.54, 1.807) is 24.3 Å². The second-order valence-electron chi connectivity index (χ2n) is 4.22. The zero-order chi connectivity index (χ0) is 12.3. The van der Waals surface area contributed by atoms with Crippen molar-refractivity contribution in [2.24, 2.45) is 5.73 Å². The van der Waals surface area contributed by atoms with Crippen LogP contribution in [0.25, 0.3) is 0 Å². The van der Waals surface area contributed by atoms with Gasteiger partial charge in [0.05, 0.1) is 6.04 Å². The van der Waals surface area contributed by atoms with E-state index >= 15 is 0 Å². The fraction of sp³-hybridized carbons (Fsp3) is 0.500. The number of nitrogens with two attached hydrogens (primary N) is 1. The van der Waals surface area contributed by atoms with Crippen LogP contribution in [0, 0.1) is 0 Å². The molecule has 1 rings (SSSR count). The Kier molecular flexibility index (Phi) is 6.02. The van der Waals surface area contributed by atoms with Crippen molar-refractivity contribution in [3.8, 4) is 0 Å². The summed E-state index contributed by atoms with van der Waals surface area (Å²) in [5.74, 6) is -2.93. The molecular weight excluding hydrogens is 248 g/mol. The van der Waals surface area contributed by atoms with Crippen LogP contribution in [0.15, 0.2) is 24.3 Å². The highest BCUT2D eigenvalue weighted by molar-refractivity contribution is 5.85. The van der Waals surface area contributed by atoms with Gasteiger partial charge in [-0.15, -0.1) is 12.4 Å². The molecule has 0 fully saturated rings. The summed E-state index contributed by atoms with van der Waals surface area (Å²) in [6.07, 6.45) is 0. The van der Waals surface area contributed by atoms with Crippen LogP contribution in [0.1, 0.15) is 36.9 Å². The molecule has 0 spiro atoms. The Hall–Kier alpha value is -0.710. The molecule has 0 amide bonds. The van der Waals surface area contributed by atoms with Crippen molar-refractivity contribution < 1.29 is 13.9 Å². The largest absolute Gasteiger partial charge is 0.390 e. The van der Waals surface area contributed by atoms with Gasteiger partial charge < -0.3 is 10.8 Å². The third kappa shape index (κ3) is 3.91. The third-order valence-corrected chi connectivity index (χ3v) is 2.63. The van der Waals surface area contributed by atoms with Gasteiger partial charge in [-0.1, -0.05) is 38.1 Å². The average molecular weight is 266 g/mol. The van der Waals surface area contributed by atoms with Crippen LogP contribution in [0.2, 0.25) is 0 Å². The Morgan fingerprint density at radius 3 is 1.94 bits per heavy atom. The Bertz CT molecular complexity index is 341. The Morgan fingerprint density at radius 2 is 1.59 bits per heavy atom. The Morgan fingerprint density at radius 1 is 1.18 bits per heavy atom. The van der Waals surface area contributed by atoms with E-state index in [2.05, 4.69) is 0 Å². The molecule has 0 saturated heterocycles. The number of alkyl halides is 2. The molecule has 1 atom stereocenters. The SMILES string of the molecule is CC(C)c1ccc([C@H](N)C(F)(F)CO)cc1.Cl. The summed E-state index contributed by atoms with van der Waals surface area (Å²) in [5, 5.41) is 8.54. The quantitative estimate of drug-likeness (QED) is 0.879. The lowest BCUT2D eigenvalue weighted by Gasteiger charge is -2.22. The first-order chi connectivity index (χ1) is 7.38. The summed E-state index contributed by atoms with van der Waals surface area (Å²) in [4.78, 5) is 0. The van der Waals surface area contributed by atoms with Crippen molar-refractivity contribution >= 4 is 12.4 Å². The number of benzene rings is 1. The van der Waals surface area contributed by atoms with Crippen molar-refractivity contribution in [3.05, 3.63) is 35.4 Å². The summed E-state index contributed by atoms with van der Waals surface area (Å²) >= 11 is 0. The van der Waals surface area contributed by atoms with Crippen LogP contribution in [0.5, 0.6) is 0 Å². The van der Waals surface area contributed by atoms with Gasteiger partial charge in [0.2, 0.25) is 0 Å². The highest BCUT2D eigenvalue weighted by Gasteiger charge is 2.37. The van der Waals surface area contributed by atoms with Crippen LogP contribution in [-0.2, 0) is 0 Å². The molecule has 5 heteroatoms. The molecular formula is C12H18ClF2NO. The number of hydrogen-bond acceptors (Lipinski definition) is 2. The lowest BCUT2D eigenvalue weighted by molar-refractivity contribution is -0.0711. The van der Waals surface area contributed by atoms with Gasteiger partial charge in [0.1, 0.15) is 6.61 Å². The topological polar surface area (TPSA) is 46.2 Å². The molecule has 0 aromatic heterocycles. The lowest BCUT2D eigenvalue weighted by atomic mass is 9.97. The normalized spacial score (nSPS) is 13.4. The number of aliphatic hydroxyl groups excluding tert-OH is 1. The van der Waals surface area contributed by atoms with Gasteiger partial charge in [0, 0.05) is 0 Å². The van der Waals surface area contributed by atoms with Crippen LogP contribution in [0.3, 0.4) is 0 Å². The highest BCUT2D eigenvalue weighted by Crippen LogP contribution is 2.29. The molecule has 0 bridgehead atoms. The molecule has 0 aliphatic carbocycles. The number of rotatable bonds is 4. The summed E-state index contributed by atoms with van der Waals surface area (Å²) < 4.78 is 26.2. The lowest BCUT2D eigenvalue weighted by Crippen LogP contribution is -2.36. The van der Waals surface area contributed by atoms with Crippen LogP contribution in [-0.4, -0.2) is 17.6 Å².